The molecule has 0 aromatic heterocycles. The minimum atomic E-state index is -0.283. The second-order valence-corrected chi connectivity index (χ2v) is 6.20. The molecule has 6 nitrogen and oxygen atoms in total. The minimum absolute atomic E-state index is 0.203. The number of carbonyl (C=O) groups is 2. The smallest absolute Gasteiger partial charge is 0.261 e. The Kier molecular flexibility index (Phi) is 6.04. The van der Waals surface area contributed by atoms with Gasteiger partial charge in [0.2, 0.25) is 0 Å². The molecule has 1 heterocycles. The predicted molar refractivity (Wildman–Crippen MR) is 96.0 cm³/mol. The highest BCUT2D eigenvalue weighted by atomic mass is 32.2. The van der Waals surface area contributed by atoms with Gasteiger partial charge in [-0.3, -0.25) is 14.5 Å². The average Bonchev–Trinajstić information content (AvgIpc) is 2.64. The van der Waals surface area contributed by atoms with Gasteiger partial charge in [0.1, 0.15) is 0 Å². The van der Waals surface area contributed by atoms with Crippen LogP contribution in [0.25, 0.3) is 10.8 Å². The van der Waals surface area contributed by atoms with Crippen molar-refractivity contribution >= 4 is 34.6 Å². The summed E-state index contributed by atoms with van der Waals surface area (Å²) in [4.78, 5) is 26.5. The molecule has 1 aliphatic rings. The zero-order valence-electron chi connectivity index (χ0n) is 13.6. The molecule has 0 radical (unpaired) electrons. The number of hydrogen-bond acceptors (Lipinski definition) is 6. The molecule has 0 bridgehead atoms. The fourth-order valence-electron chi connectivity index (χ4n) is 2.86. The summed E-state index contributed by atoms with van der Waals surface area (Å²) < 4.78 is 19.2. The lowest BCUT2D eigenvalue weighted by Gasteiger charge is -2.27. The fourth-order valence-corrected chi connectivity index (χ4v) is 3.05. The lowest BCUT2D eigenvalue weighted by Crippen LogP contribution is -2.42. The van der Waals surface area contributed by atoms with Crippen LogP contribution in [0.3, 0.4) is 0 Å². The largest absolute Gasteiger partial charge is 0.378 e. The molecule has 2 amide bonds. The Bertz CT molecular complexity index is 728. The lowest BCUT2D eigenvalue weighted by molar-refractivity contribution is 0.0367. The molecular weight excluding hydrogens is 342 g/mol. The van der Waals surface area contributed by atoms with Crippen LogP contribution in [0.15, 0.2) is 36.4 Å². The van der Waals surface area contributed by atoms with Crippen LogP contribution in [0.4, 0.5) is 0 Å². The second-order valence-electron chi connectivity index (χ2n) is 5.53. The fraction of sp³-hybridized carbons (Fsp3) is 0.333. The summed E-state index contributed by atoms with van der Waals surface area (Å²) in [5, 5.41) is 1.62. The molecule has 2 aromatic rings. The summed E-state index contributed by atoms with van der Waals surface area (Å²) in [5.41, 5.74) is 1.11. The SMILES string of the molecule is O=C1c2cccc3cccc(c23)C(=O)N1CCOCCOCCSO. The minimum Gasteiger partial charge on any atom is -0.378 e. The van der Waals surface area contributed by atoms with Gasteiger partial charge in [0.25, 0.3) is 11.8 Å². The van der Waals surface area contributed by atoms with Crippen molar-refractivity contribution in [3.05, 3.63) is 47.5 Å². The molecule has 25 heavy (non-hydrogen) atoms. The first-order chi connectivity index (χ1) is 12.2. The van der Waals surface area contributed by atoms with Crippen LogP contribution in [0.2, 0.25) is 0 Å². The van der Waals surface area contributed by atoms with Crippen molar-refractivity contribution in [3.8, 4) is 0 Å². The number of ether oxygens (including phenoxy) is 2. The van der Waals surface area contributed by atoms with E-state index in [0.717, 1.165) is 22.8 Å². The summed E-state index contributed by atoms with van der Waals surface area (Å²) in [6.07, 6.45) is 0. The van der Waals surface area contributed by atoms with Crippen molar-refractivity contribution in [2.75, 3.05) is 38.7 Å². The number of rotatable bonds is 9. The Balaban J connectivity index is 1.59. The molecule has 0 saturated carbocycles. The summed E-state index contributed by atoms with van der Waals surface area (Å²) in [6, 6.07) is 11.0. The molecule has 1 aliphatic heterocycles. The Hall–Kier alpha value is -1.93. The van der Waals surface area contributed by atoms with Gasteiger partial charge in [0.05, 0.1) is 33.0 Å². The van der Waals surface area contributed by atoms with Gasteiger partial charge < -0.3 is 14.0 Å². The highest BCUT2D eigenvalue weighted by Crippen LogP contribution is 2.29. The van der Waals surface area contributed by atoms with E-state index in [1.807, 2.05) is 24.3 Å². The van der Waals surface area contributed by atoms with E-state index in [1.54, 1.807) is 12.1 Å². The maximum absolute atomic E-state index is 12.7. The highest BCUT2D eigenvalue weighted by Gasteiger charge is 2.32. The first kappa shape index (κ1) is 17.9. The molecule has 7 heteroatoms. The van der Waals surface area contributed by atoms with E-state index in [-0.39, 0.29) is 25.0 Å². The van der Waals surface area contributed by atoms with Crippen molar-refractivity contribution < 1.29 is 23.6 Å². The van der Waals surface area contributed by atoms with Crippen LogP contribution in [0, 0.1) is 0 Å². The van der Waals surface area contributed by atoms with Gasteiger partial charge in [-0.05, 0) is 29.6 Å². The van der Waals surface area contributed by atoms with Crippen molar-refractivity contribution in [1.82, 2.24) is 4.90 Å². The predicted octanol–water partition coefficient (Wildman–Crippen LogP) is 2.68. The number of amides is 2. The molecular formula is C18H19NO5S. The molecule has 0 aliphatic carbocycles. The monoisotopic (exact) mass is 361 g/mol. The van der Waals surface area contributed by atoms with E-state index < -0.39 is 0 Å². The van der Waals surface area contributed by atoms with Crippen LogP contribution in [0.5, 0.6) is 0 Å². The first-order valence-corrected chi connectivity index (χ1v) is 8.98. The molecule has 0 spiro atoms. The van der Waals surface area contributed by atoms with E-state index in [0.29, 0.717) is 36.7 Å². The highest BCUT2D eigenvalue weighted by molar-refractivity contribution is 7.93. The molecule has 2 aromatic carbocycles. The molecule has 0 atom stereocenters. The third-order valence-corrected chi connectivity index (χ3v) is 4.36. The van der Waals surface area contributed by atoms with E-state index in [4.69, 9.17) is 14.0 Å². The van der Waals surface area contributed by atoms with Crippen molar-refractivity contribution in [2.24, 2.45) is 0 Å². The van der Waals surface area contributed by atoms with Crippen molar-refractivity contribution in [1.29, 1.82) is 0 Å². The van der Waals surface area contributed by atoms with E-state index in [2.05, 4.69) is 0 Å². The van der Waals surface area contributed by atoms with E-state index in [1.165, 1.54) is 4.90 Å². The topological polar surface area (TPSA) is 76.1 Å². The van der Waals surface area contributed by atoms with E-state index in [9.17, 15) is 9.59 Å². The summed E-state index contributed by atoms with van der Waals surface area (Å²) in [6.45, 7) is 1.69. The summed E-state index contributed by atoms with van der Waals surface area (Å²) in [5.74, 6) is -0.0508. The summed E-state index contributed by atoms with van der Waals surface area (Å²) >= 11 is 0.734. The van der Waals surface area contributed by atoms with Crippen LogP contribution >= 0.6 is 12.0 Å². The number of carbonyl (C=O) groups excluding carboxylic acids is 2. The maximum atomic E-state index is 12.7. The van der Waals surface area contributed by atoms with Gasteiger partial charge in [-0.15, -0.1) is 0 Å². The van der Waals surface area contributed by atoms with Gasteiger partial charge in [-0.1, -0.05) is 24.3 Å². The zero-order chi connectivity index (χ0) is 17.6. The van der Waals surface area contributed by atoms with Crippen LogP contribution in [0.1, 0.15) is 20.7 Å². The molecule has 0 unspecified atom stereocenters. The molecule has 3 rings (SSSR count). The van der Waals surface area contributed by atoms with Gasteiger partial charge in [-0.25, -0.2) is 0 Å². The van der Waals surface area contributed by atoms with Crippen LogP contribution < -0.4 is 0 Å². The lowest BCUT2D eigenvalue weighted by atomic mass is 9.94. The number of benzene rings is 2. The van der Waals surface area contributed by atoms with E-state index >= 15 is 0 Å². The molecule has 0 saturated heterocycles. The Morgan fingerprint density at radius 1 is 0.880 bits per heavy atom. The van der Waals surface area contributed by atoms with Gasteiger partial charge in [0, 0.05) is 22.3 Å². The number of imide groups is 1. The Morgan fingerprint density at radius 3 is 2.08 bits per heavy atom. The van der Waals surface area contributed by atoms with Gasteiger partial charge in [0.15, 0.2) is 0 Å². The van der Waals surface area contributed by atoms with Crippen molar-refractivity contribution in [2.45, 2.75) is 0 Å². The summed E-state index contributed by atoms with van der Waals surface area (Å²) in [7, 11) is 0. The normalized spacial score (nSPS) is 13.7. The molecule has 132 valence electrons. The zero-order valence-corrected chi connectivity index (χ0v) is 14.5. The average molecular weight is 361 g/mol. The Morgan fingerprint density at radius 2 is 1.48 bits per heavy atom. The Labute approximate surface area is 149 Å². The van der Waals surface area contributed by atoms with Gasteiger partial charge in [-0.2, -0.15) is 0 Å². The third-order valence-electron chi connectivity index (χ3n) is 4.01. The molecule has 1 N–H and O–H groups in total. The maximum Gasteiger partial charge on any atom is 0.261 e. The number of hydrogen-bond donors (Lipinski definition) is 1. The molecule has 0 fully saturated rings. The van der Waals surface area contributed by atoms with Crippen molar-refractivity contribution in [3.63, 3.8) is 0 Å². The number of nitrogens with zero attached hydrogens (tertiary/aromatic N) is 1. The standard InChI is InChI=1S/C18H19NO5S/c20-17-14-5-1-3-13-4-2-6-15(16(13)14)18(21)19(17)7-8-23-9-10-24-11-12-25-22/h1-6,22H,7-12H2. The second kappa shape index (κ2) is 8.44. The quantitative estimate of drug-likeness (QED) is 0.420. The first-order valence-electron chi connectivity index (χ1n) is 8.04. The van der Waals surface area contributed by atoms with Crippen LogP contribution in [-0.4, -0.2) is 60.0 Å². The van der Waals surface area contributed by atoms with Gasteiger partial charge >= 0.3 is 0 Å². The van der Waals surface area contributed by atoms with Crippen LogP contribution in [-0.2, 0) is 9.47 Å². The third kappa shape index (κ3) is 3.85.